The van der Waals surface area contributed by atoms with Gasteiger partial charge in [0, 0.05) is 13.2 Å². The van der Waals surface area contributed by atoms with E-state index in [4.69, 9.17) is 10.2 Å². The van der Waals surface area contributed by atoms with Crippen molar-refractivity contribution in [1.82, 2.24) is 0 Å². The molecule has 6 nitrogen and oxygen atoms in total. The number of hydrogen-bond donors (Lipinski definition) is 4. The second-order valence-electron chi connectivity index (χ2n) is 8.44. The Bertz CT molecular complexity index is 711. The summed E-state index contributed by atoms with van der Waals surface area (Å²) in [6, 6.07) is 3.25. The SMILES string of the molecule is O=C(O)c1ccc(CCCSCCCCCCO)c(CCCSCCCCCCO)c1C(=O)O. The average molecular weight is 515 g/mol. The van der Waals surface area contributed by atoms with E-state index in [1.807, 2.05) is 23.5 Å². The number of rotatable bonds is 22. The van der Waals surface area contributed by atoms with Crippen LogP contribution in [0, 0.1) is 0 Å². The summed E-state index contributed by atoms with van der Waals surface area (Å²) in [5.74, 6) is 1.70. The molecule has 1 aromatic carbocycles. The molecule has 0 aromatic heterocycles. The number of carbonyl (C=O) groups is 2. The summed E-state index contributed by atoms with van der Waals surface area (Å²) in [4.78, 5) is 23.6. The van der Waals surface area contributed by atoms with Crippen LogP contribution in [0.3, 0.4) is 0 Å². The number of carboxylic acid groups (broad SMARTS) is 2. The van der Waals surface area contributed by atoms with E-state index in [1.54, 1.807) is 6.07 Å². The molecule has 1 aromatic rings. The van der Waals surface area contributed by atoms with Crippen molar-refractivity contribution in [2.24, 2.45) is 0 Å². The van der Waals surface area contributed by atoms with Crippen LogP contribution in [-0.2, 0) is 12.8 Å². The minimum absolute atomic E-state index is 0.0458. The van der Waals surface area contributed by atoms with Crippen LogP contribution in [0.5, 0.6) is 0 Å². The normalized spacial score (nSPS) is 11.1. The van der Waals surface area contributed by atoms with E-state index in [-0.39, 0.29) is 24.3 Å². The Labute approximate surface area is 212 Å². The Hall–Kier alpha value is -1.22. The lowest BCUT2D eigenvalue weighted by atomic mass is 9.91. The summed E-state index contributed by atoms with van der Waals surface area (Å²) in [6.45, 7) is 0.513. The second kappa shape index (κ2) is 20.0. The molecule has 0 aliphatic heterocycles. The van der Waals surface area contributed by atoms with Crippen molar-refractivity contribution >= 4 is 35.5 Å². The second-order valence-corrected chi connectivity index (χ2v) is 10.9. The fourth-order valence-electron chi connectivity index (χ4n) is 3.89. The molecular weight excluding hydrogens is 472 g/mol. The molecule has 0 atom stereocenters. The van der Waals surface area contributed by atoms with E-state index < -0.39 is 11.9 Å². The third-order valence-electron chi connectivity index (χ3n) is 5.70. The van der Waals surface area contributed by atoms with E-state index >= 15 is 0 Å². The highest BCUT2D eigenvalue weighted by Crippen LogP contribution is 2.25. The first-order valence-electron chi connectivity index (χ1n) is 12.5. The van der Waals surface area contributed by atoms with Crippen molar-refractivity contribution in [2.45, 2.75) is 77.0 Å². The smallest absolute Gasteiger partial charge is 0.336 e. The Balaban J connectivity index is 2.60. The van der Waals surface area contributed by atoms with Crippen molar-refractivity contribution in [3.8, 4) is 0 Å². The first-order chi connectivity index (χ1) is 16.5. The van der Waals surface area contributed by atoms with Crippen LogP contribution in [0.4, 0.5) is 0 Å². The van der Waals surface area contributed by atoms with Crippen molar-refractivity contribution in [3.05, 3.63) is 34.4 Å². The molecule has 0 heterocycles. The monoisotopic (exact) mass is 514 g/mol. The van der Waals surface area contributed by atoms with E-state index in [2.05, 4.69) is 0 Å². The summed E-state index contributed by atoms with van der Waals surface area (Å²) < 4.78 is 0. The van der Waals surface area contributed by atoms with Gasteiger partial charge < -0.3 is 20.4 Å². The van der Waals surface area contributed by atoms with Gasteiger partial charge in [0.1, 0.15) is 0 Å². The minimum atomic E-state index is -1.20. The molecule has 0 bridgehead atoms. The largest absolute Gasteiger partial charge is 0.478 e. The average Bonchev–Trinajstić information content (AvgIpc) is 2.81. The molecule has 1 rings (SSSR count). The topological polar surface area (TPSA) is 115 Å². The summed E-state index contributed by atoms with van der Waals surface area (Å²) >= 11 is 3.75. The van der Waals surface area contributed by atoms with Crippen LogP contribution in [-0.4, -0.2) is 68.6 Å². The van der Waals surface area contributed by atoms with Gasteiger partial charge >= 0.3 is 11.9 Å². The first kappa shape index (κ1) is 30.8. The van der Waals surface area contributed by atoms with Crippen LogP contribution in [0.25, 0.3) is 0 Å². The molecule has 34 heavy (non-hydrogen) atoms. The summed E-state index contributed by atoms with van der Waals surface area (Å²) in [5, 5.41) is 36.9. The van der Waals surface area contributed by atoms with Crippen LogP contribution in [0.2, 0.25) is 0 Å². The van der Waals surface area contributed by atoms with Gasteiger partial charge in [-0.25, -0.2) is 9.59 Å². The fourth-order valence-corrected chi connectivity index (χ4v) is 5.81. The Morgan fingerprint density at radius 2 is 1.12 bits per heavy atom. The van der Waals surface area contributed by atoms with Gasteiger partial charge in [-0.15, -0.1) is 0 Å². The lowest BCUT2D eigenvalue weighted by molar-refractivity contribution is 0.0650. The molecule has 0 saturated carbocycles. The first-order valence-corrected chi connectivity index (χ1v) is 14.8. The van der Waals surface area contributed by atoms with Gasteiger partial charge in [0.05, 0.1) is 11.1 Å². The number of aryl methyl sites for hydroxylation is 1. The number of carboxylic acids is 2. The van der Waals surface area contributed by atoms with Crippen molar-refractivity contribution in [2.75, 3.05) is 36.2 Å². The predicted molar refractivity (Wildman–Crippen MR) is 143 cm³/mol. The highest BCUT2D eigenvalue weighted by molar-refractivity contribution is 7.99. The lowest BCUT2D eigenvalue weighted by Gasteiger charge is -2.15. The highest BCUT2D eigenvalue weighted by Gasteiger charge is 2.22. The molecule has 0 fully saturated rings. The van der Waals surface area contributed by atoms with Gasteiger partial charge in [-0.05, 0) is 91.6 Å². The van der Waals surface area contributed by atoms with Gasteiger partial charge in [0.25, 0.3) is 0 Å². The summed E-state index contributed by atoms with van der Waals surface area (Å²) in [5.41, 5.74) is 1.47. The van der Waals surface area contributed by atoms with Crippen LogP contribution < -0.4 is 0 Å². The van der Waals surface area contributed by atoms with Crippen LogP contribution in [0.1, 0.15) is 96.1 Å². The number of benzene rings is 1. The molecule has 0 amide bonds. The molecule has 0 saturated heterocycles. The standard InChI is InChI=1S/C26H42O6S2/c27-15-5-1-3-7-17-33-19-9-11-21-13-14-23(25(29)30)24(26(31)32)22(21)12-10-20-34-18-8-4-2-6-16-28/h13-14,27-28H,1-12,15-20H2,(H,29,30)(H,31,32). The van der Waals surface area contributed by atoms with Gasteiger partial charge in [-0.1, -0.05) is 31.7 Å². The zero-order valence-corrected chi connectivity index (χ0v) is 21.9. The number of aliphatic hydroxyl groups is 2. The van der Waals surface area contributed by atoms with Crippen molar-refractivity contribution < 1.29 is 30.0 Å². The maximum atomic E-state index is 12.0. The van der Waals surface area contributed by atoms with E-state index in [9.17, 15) is 19.8 Å². The van der Waals surface area contributed by atoms with E-state index in [0.29, 0.717) is 12.0 Å². The van der Waals surface area contributed by atoms with E-state index in [1.165, 1.54) is 6.07 Å². The van der Waals surface area contributed by atoms with Crippen LogP contribution >= 0.6 is 23.5 Å². The molecule has 4 N–H and O–H groups in total. The minimum Gasteiger partial charge on any atom is -0.478 e. The molecular formula is C26H42O6S2. The van der Waals surface area contributed by atoms with Gasteiger partial charge in [0.2, 0.25) is 0 Å². The third kappa shape index (κ3) is 13.0. The zero-order valence-electron chi connectivity index (χ0n) is 20.3. The van der Waals surface area contributed by atoms with Gasteiger partial charge in [0.15, 0.2) is 0 Å². The highest BCUT2D eigenvalue weighted by atomic mass is 32.2. The number of thioether (sulfide) groups is 2. The predicted octanol–water partition coefficient (Wildman–Crippen LogP) is 5.52. The van der Waals surface area contributed by atoms with Gasteiger partial charge in [-0.2, -0.15) is 23.5 Å². The molecule has 0 radical (unpaired) electrons. The Morgan fingerprint density at radius 3 is 1.62 bits per heavy atom. The molecule has 194 valence electrons. The maximum absolute atomic E-state index is 12.0. The van der Waals surface area contributed by atoms with E-state index in [0.717, 1.165) is 99.2 Å². The molecule has 0 aliphatic rings. The number of unbranched alkanes of at least 4 members (excludes halogenated alkanes) is 6. The molecule has 0 aliphatic carbocycles. The van der Waals surface area contributed by atoms with Crippen LogP contribution in [0.15, 0.2) is 12.1 Å². The summed E-state index contributed by atoms with van der Waals surface area (Å²) in [7, 11) is 0. The fraction of sp³-hybridized carbons (Fsp3) is 0.692. The quantitative estimate of drug-likeness (QED) is 0.150. The molecule has 0 spiro atoms. The van der Waals surface area contributed by atoms with Crippen molar-refractivity contribution in [1.29, 1.82) is 0 Å². The maximum Gasteiger partial charge on any atom is 0.336 e. The lowest BCUT2D eigenvalue weighted by Crippen LogP contribution is -2.14. The molecule has 0 unspecified atom stereocenters. The Morgan fingerprint density at radius 1 is 0.618 bits per heavy atom. The molecule has 8 heteroatoms. The van der Waals surface area contributed by atoms with Gasteiger partial charge in [-0.3, -0.25) is 0 Å². The summed E-state index contributed by atoms with van der Waals surface area (Å²) in [6.07, 6.45) is 11.4. The number of aliphatic hydroxyl groups excluding tert-OH is 2. The number of hydrogen-bond acceptors (Lipinski definition) is 6. The zero-order chi connectivity index (χ0) is 25.0. The third-order valence-corrected chi connectivity index (χ3v) is 8.01. The van der Waals surface area contributed by atoms with Crippen molar-refractivity contribution in [3.63, 3.8) is 0 Å². The Kier molecular flexibility index (Phi) is 18.1. The number of aromatic carboxylic acids is 2.